The number of hydrogen-bond acceptors (Lipinski definition) is 1. The Hall–Kier alpha value is -2.62. The zero-order valence-electron chi connectivity index (χ0n) is 11.4. The number of aromatic nitrogens is 1. The van der Waals surface area contributed by atoms with E-state index in [2.05, 4.69) is 5.32 Å². The van der Waals surface area contributed by atoms with E-state index in [0.29, 0.717) is 13.0 Å². The lowest BCUT2D eigenvalue weighted by atomic mass is 10.2. The molecule has 0 fully saturated rings. The Labute approximate surface area is 122 Å². The Kier molecular flexibility index (Phi) is 3.69. The molecule has 0 bridgehead atoms. The van der Waals surface area contributed by atoms with E-state index in [-0.39, 0.29) is 11.6 Å². The van der Waals surface area contributed by atoms with Crippen molar-refractivity contribution in [3.05, 3.63) is 66.6 Å². The van der Waals surface area contributed by atoms with Crippen LogP contribution < -0.4 is 5.32 Å². The van der Waals surface area contributed by atoms with Gasteiger partial charge in [-0.05, 0) is 29.7 Å². The maximum atomic E-state index is 13.5. The molecule has 0 spiro atoms. The van der Waals surface area contributed by atoms with Crippen LogP contribution >= 0.6 is 0 Å². The molecular formula is C17H15FN2O. The van der Waals surface area contributed by atoms with Gasteiger partial charge < -0.3 is 9.88 Å². The average molecular weight is 282 g/mol. The predicted molar refractivity (Wildman–Crippen MR) is 81.6 cm³/mol. The van der Waals surface area contributed by atoms with Crippen LogP contribution in [0.15, 0.2) is 60.8 Å². The lowest BCUT2D eigenvalue weighted by Crippen LogP contribution is -2.15. The Morgan fingerprint density at radius 2 is 1.81 bits per heavy atom. The standard InChI is InChI=1S/C17H15FN2O/c18-14-6-2-3-7-15(14)19-17(21)10-12-20-11-9-13-5-1-4-8-16(13)20/h1-9,11H,10,12H2,(H,19,21). The van der Waals surface area contributed by atoms with Crippen LogP contribution in [0.1, 0.15) is 6.42 Å². The number of aryl methyl sites for hydroxylation is 1. The summed E-state index contributed by atoms with van der Waals surface area (Å²) >= 11 is 0. The van der Waals surface area contributed by atoms with Crippen LogP contribution in [0.3, 0.4) is 0 Å². The van der Waals surface area contributed by atoms with Gasteiger partial charge in [-0.1, -0.05) is 30.3 Å². The summed E-state index contributed by atoms with van der Waals surface area (Å²) in [5.74, 6) is -0.616. The molecule has 0 unspecified atom stereocenters. The first-order valence-electron chi connectivity index (χ1n) is 6.82. The topological polar surface area (TPSA) is 34.0 Å². The number of nitrogens with zero attached hydrogens (tertiary/aromatic N) is 1. The van der Waals surface area contributed by atoms with Crippen LogP contribution in [-0.4, -0.2) is 10.5 Å². The van der Waals surface area contributed by atoms with Crippen LogP contribution in [0.5, 0.6) is 0 Å². The van der Waals surface area contributed by atoms with Crippen LogP contribution in [0.25, 0.3) is 10.9 Å². The van der Waals surface area contributed by atoms with Crippen molar-refractivity contribution in [2.75, 3.05) is 5.32 Å². The molecule has 0 saturated heterocycles. The first-order valence-corrected chi connectivity index (χ1v) is 6.82. The number of rotatable bonds is 4. The van der Waals surface area contributed by atoms with E-state index >= 15 is 0 Å². The van der Waals surface area contributed by atoms with E-state index in [1.807, 2.05) is 41.1 Å². The van der Waals surface area contributed by atoms with Gasteiger partial charge in [0.2, 0.25) is 5.91 Å². The zero-order chi connectivity index (χ0) is 14.7. The minimum absolute atomic E-state index is 0.196. The number of amides is 1. The number of fused-ring (bicyclic) bond motifs is 1. The van der Waals surface area contributed by atoms with Crippen LogP contribution in [0, 0.1) is 5.82 Å². The van der Waals surface area contributed by atoms with E-state index in [0.717, 1.165) is 10.9 Å². The number of halogens is 1. The lowest BCUT2D eigenvalue weighted by molar-refractivity contribution is -0.116. The van der Waals surface area contributed by atoms with E-state index in [1.165, 1.54) is 6.07 Å². The van der Waals surface area contributed by atoms with Crippen LogP contribution in [0.4, 0.5) is 10.1 Å². The molecule has 2 aromatic carbocycles. The van der Waals surface area contributed by atoms with Gasteiger partial charge in [0, 0.05) is 24.7 Å². The second-order valence-electron chi connectivity index (χ2n) is 4.85. The van der Waals surface area contributed by atoms with Gasteiger partial charge in [-0.2, -0.15) is 0 Å². The summed E-state index contributed by atoms with van der Waals surface area (Å²) in [6.07, 6.45) is 2.26. The Morgan fingerprint density at radius 1 is 1.05 bits per heavy atom. The van der Waals surface area contributed by atoms with Crippen molar-refractivity contribution in [3.8, 4) is 0 Å². The normalized spacial score (nSPS) is 10.7. The fourth-order valence-electron chi connectivity index (χ4n) is 2.33. The molecule has 106 valence electrons. The van der Waals surface area contributed by atoms with Crippen molar-refractivity contribution >= 4 is 22.5 Å². The second-order valence-corrected chi connectivity index (χ2v) is 4.85. The summed E-state index contributed by atoms with van der Waals surface area (Å²) in [7, 11) is 0. The number of carbonyl (C=O) groups is 1. The minimum atomic E-state index is -0.419. The molecular weight excluding hydrogens is 267 g/mol. The molecule has 0 aliphatic rings. The molecule has 4 heteroatoms. The molecule has 21 heavy (non-hydrogen) atoms. The first kappa shape index (κ1) is 13.4. The molecule has 1 amide bonds. The molecule has 0 aliphatic heterocycles. The second kappa shape index (κ2) is 5.79. The largest absolute Gasteiger partial charge is 0.347 e. The molecule has 0 radical (unpaired) electrons. The maximum absolute atomic E-state index is 13.5. The molecule has 1 N–H and O–H groups in total. The van der Waals surface area contributed by atoms with Crippen molar-refractivity contribution in [3.63, 3.8) is 0 Å². The highest BCUT2D eigenvalue weighted by molar-refractivity contribution is 5.91. The summed E-state index contributed by atoms with van der Waals surface area (Å²) < 4.78 is 15.5. The van der Waals surface area contributed by atoms with Gasteiger partial charge in [0.05, 0.1) is 5.69 Å². The number of para-hydroxylation sites is 2. The maximum Gasteiger partial charge on any atom is 0.226 e. The van der Waals surface area contributed by atoms with Gasteiger partial charge in [0.15, 0.2) is 0 Å². The summed E-state index contributed by atoms with van der Waals surface area (Å²) in [6.45, 7) is 0.563. The van der Waals surface area contributed by atoms with Crippen molar-refractivity contribution in [1.82, 2.24) is 4.57 Å². The summed E-state index contributed by atoms with van der Waals surface area (Å²) in [5, 5.41) is 3.74. The average Bonchev–Trinajstić information content (AvgIpc) is 2.91. The highest BCUT2D eigenvalue weighted by Crippen LogP contribution is 2.16. The minimum Gasteiger partial charge on any atom is -0.347 e. The molecule has 0 aliphatic carbocycles. The van der Waals surface area contributed by atoms with E-state index < -0.39 is 5.82 Å². The molecule has 1 aromatic heterocycles. The Bertz CT molecular complexity index is 779. The summed E-state index contributed by atoms with van der Waals surface area (Å²) in [6, 6.07) is 16.2. The van der Waals surface area contributed by atoms with Gasteiger partial charge in [0.25, 0.3) is 0 Å². The monoisotopic (exact) mass is 282 g/mol. The fraction of sp³-hybridized carbons (Fsp3) is 0.118. The first-order chi connectivity index (χ1) is 10.2. The predicted octanol–water partition coefficient (Wildman–Crippen LogP) is 3.81. The number of nitrogens with one attached hydrogen (secondary N) is 1. The number of hydrogen-bond donors (Lipinski definition) is 1. The number of benzene rings is 2. The molecule has 0 atom stereocenters. The Balaban J connectivity index is 1.65. The van der Waals surface area contributed by atoms with Gasteiger partial charge in [-0.3, -0.25) is 4.79 Å². The Morgan fingerprint density at radius 3 is 2.67 bits per heavy atom. The van der Waals surface area contributed by atoms with Crippen molar-refractivity contribution in [2.24, 2.45) is 0 Å². The van der Waals surface area contributed by atoms with E-state index in [1.54, 1.807) is 18.2 Å². The highest BCUT2D eigenvalue weighted by Gasteiger charge is 2.07. The summed E-state index contributed by atoms with van der Waals surface area (Å²) in [4.78, 5) is 11.9. The quantitative estimate of drug-likeness (QED) is 0.775. The third-order valence-corrected chi connectivity index (χ3v) is 3.41. The molecule has 1 heterocycles. The van der Waals surface area contributed by atoms with Gasteiger partial charge in [-0.15, -0.1) is 0 Å². The molecule has 3 aromatic rings. The SMILES string of the molecule is O=C(CCn1ccc2ccccc21)Nc1ccccc1F. The summed E-state index contributed by atoms with van der Waals surface area (Å²) in [5.41, 5.74) is 1.32. The van der Waals surface area contributed by atoms with Crippen molar-refractivity contribution in [1.29, 1.82) is 0 Å². The lowest BCUT2D eigenvalue weighted by Gasteiger charge is -2.07. The number of carbonyl (C=O) groups excluding carboxylic acids is 1. The zero-order valence-corrected chi connectivity index (χ0v) is 11.4. The smallest absolute Gasteiger partial charge is 0.226 e. The van der Waals surface area contributed by atoms with Crippen LogP contribution in [0.2, 0.25) is 0 Å². The third kappa shape index (κ3) is 2.94. The van der Waals surface area contributed by atoms with E-state index in [4.69, 9.17) is 0 Å². The van der Waals surface area contributed by atoms with Crippen LogP contribution in [-0.2, 0) is 11.3 Å². The van der Waals surface area contributed by atoms with Crippen molar-refractivity contribution < 1.29 is 9.18 Å². The van der Waals surface area contributed by atoms with Gasteiger partial charge >= 0.3 is 0 Å². The van der Waals surface area contributed by atoms with Gasteiger partial charge in [0.1, 0.15) is 5.82 Å². The number of anilines is 1. The molecule has 0 saturated carbocycles. The van der Waals surface area contributed by atoms with Gasteiger partial charge in [-0.25, -0.2) is 4.39 Å². The fourth-order valence-corrected chi connectivity index (χ4v) is 2.33. The highest BCUT2D eigenvalue weighted by atomic mass is 19.1. The van der Waals surface area contributed by atoms with E-state index in [9.17, 15) is 9.18 Å². The third-order valence-electron chi connectivity index (χ3n) is 3.41. The molecule has 3 rings (SSSR count). The molecule has 3 nitrogen and oxygen atoms in total. The van der Waals surface area contributed by atoms with Crippen molar-refractivity contribution in [2.45, 2.75) is 13.0 Å².